The van der Waals surface area contributed by atoms with Crippen molar-refractivity contribution in [3.63, 3.8) is 0 Å². The zero-order chi connectivity index (χ0) is 12.1. The monoisotopic (exact) mass is 222 g/mol. The third-order valence-corrected chi connectivity index (χ3v) is 2.31. The lowest BCUT2D eigenvalue weighted by molar-refractivity contribution is -0.134. The first-order valence-electron chi connectivity index (χ1n) is 5.47. The quantitative estimate of drug-likeness (QED) is 0.553. The van der Waals surface area contributed by atoms with Gasteiger partial charge in [0, 0.05) is 12.1 Å². The zero-order valence-electron chi connectivity index (χ0n) is 9.75. The molecule has 1 aliphatic rings. The Morgan fingerprint density at radius 3 is 2.75 bits per heavy atom. The van der Waals surface area contributed by atoms with Crippen molar-refractivity contribution in [1.82, 2.24) is 10.6 Å². The molecule has 0 aromatic carbocycles. The molecule has 1 aliphatic heterocycles. The van der Waals surface area contributed by atoms with E-state index >= 15 is 0 Å². The average molecular weight is 222 g/mol. The molecule has 16 heavy (non-hydrogen) atoms. The number of carbonyl (C=O) groups is 2. The first-order chi connectivity index (χ1) is 7.52. The van der Waals surface area contributed by atoms with E-state index in [1.165, 1.54) is 0 Å². The lowest BCUT2D eigenvalue weighted by Crippen LogP contribution is -2.50. The maximum Gasteiger partial charge on any atom is 0.249 e. The summed E-state index contributed by atoms with van der Waals surface area (Å²) in [6, 6.07) is -0.333. The molecule has 88 valence electrons. The summed E-state index contributed by atoms with van der Waals surface area (Å²) in [5, 5.41) is 5.40. The van der Waals surface area contributed by atoms with Gasteiger partial charge in [-0.15, -0.1) is 0 Å². The van der Waals surface area contributed by atoms with E-state index in [9.17, 15) is 9.59 Å². The molecule has 0 radical (unpaired) electrons. The minimum Gasteiger partial charge on any atom is -0.374 e. The van der Waals surface area contributed by atoms with Crippen LogP contribution in [0.2, 0.25) is 0 Å². The summed E-state index contributed by atoms with van der Waals surface area (Å²) in [6.07, 6.45) is 4.60. The molecule has 1 rings (SSSR count). The number of nitrogens with one attached hydrogen (secondary N) is 2. The van der Waals surface area contributed by atoms with Crippen molar-refractivity contribution >= 4 is 11.8 Å². The van der Waals surface area contributed by atoms with Crippen LogP contribution >= 0.6 is 0 Å². The standard InChI is InChI=1S/C12H18N2O2/c1-4-9(7-8(2)3)13-10-5-6-11(15)14-12(10)16/h4,7-8,10,13H,1,5-6H2,2-3H3,(H,14,15,16)/b9-7+. The van der Waals surface area contributed by atoms with Crippen LogP contribution in [0, 0.1) is 5.92 Å². The topological polar surface area (TPSA) is 58.2 Å². The Hall–Kier alpha value is -1.58. The first kappa shape index (κ1) is 12.5. The van der Waals surface area contributed by atoms with E-state index in [0.717, 1.165) is 5.70 Å². The lowest BCUT2D eigenvalue weighted by atomic mass is 10.1. The van der Waals surface area contributed by atoms with Gasteiger partial charge in [-0.3, -0.25) is 14.9 Å². The largest absolute Gasteiger partial charge is 0.374 e. The van der Waals surface area contributed by atoms with Gasteiger partial charge < -0.3 is 5.32 Å². The van der Waals surface area contributed by atoms with Crippen molar-refractivity contribution in [3.8, 4) is 0 Å². The molecule has 1 atom stereocenters. The van der Waals surface area contributed by atoms with E-state index in [0.29, 0.717) is 18.8 Å². The molecule has 0 saturated carbocycles. The molecule has 1 heterocycles. The SMILES string of the molecule is C=C/C(=C\C(C)C)NC1CCC(=O)NC1=O. The predicted molar refractivity (Wildman–Crippen MR) is 62.4 cm³/mol. The van der Waals surface area contributed by atoms with Gasteiger partial charge in [0.05, 0.1) is 0 Å². The molecule has 4 nitrogen and oxygen atoms in total. The number of piperidine rings is 1. The van der Waals surface area contributed by atoms with E-state index in [1.807, 2.05) is 6.08 Å². The van der Waals surface area contributed by atoms with Crippen LogP contribution in [0.25, 0.3) is 0 Å². The maximum absolute atomic E-state index is 11.5. The molecule has 2 N–H and O–H groups in total. The van der Waals surface area contributed by atoms with Gasteiger partial charge in [0.1, 0.15) is 6.04 Å². The molecule has 4 heteroatoms. The summed E-state index contributed by atoms with van der Waals surface area (Å²) in [5.41, 5.74) is 0.837. The van der Waals surface area contributed by atoms with E-state index in [4.69, 9.17) is 0 Å². The Labute approximate surface area is 95.8 Å². The van der Waals surface area contributed by atoms with Gasteiger partial charge in [0.15, 0.2) is 0 Å². The molecule has 1 fully saturated rings. The minimum absolute atomic E-state index is 0.198. The maximum atomic E-state index is 11.5. The van der Waals surface area contributed by atoms with Crippen molar-refractivity contribution in [3.05, 3.63) is 24.4 Å². The molecule has 0 aliphatic carbocycles. The molecule has 0 bridgehead atoms. The van der Waals surface area contributed by atoms with Crippen LogP contribution in [0.5, 0.6) is 0 Å². The van der Waals surface area contributed by atoms with E-state index in [-0.39, 0.29) is 17.9 Å². The van der Waals surface area contributed by atoms with Gasteiger partial charge in [-0.25, -0.2) is 0 Å². The van der Waals surface area contributed by atoms with Crippen LogP contribution in [0.3, 0.4) is 0 Å². The highest BCUT2D eigenvalue weighted by atomic mass is 16.2. The van der Waals surface area contributed by atoms with Crippen molar-refractivity contribution in [1.29, 1.82) is 0 Å². The average Bonchev–Trinajstić information content (AvgIpc) is 2.20. The van der Waals surface area contributed by atoms with Crippen LogP contribution in [0.4, 0.5) is 0 Å². The Kier molecular flexibility index (Phi) is 4.28. The summed E-state index contributed by atoms with van der Waals surface area (Å²) in [7, 11) is 0. The van der Waals surface area contributed by atoms with Crippen molar-refractivity contribution in [2.75, 3.05) is 0 Å². The normalized spacial score (nSPS) is 21.9. The molecule has 0 aromatic heterocycles. The fourth-order valence-corrected chi connectivity index (χ4v) is 1.57. The van der Waals surface area contributed by atoms with E-state index in [2.05, 4.69) is 31.1 Å². The number of imide groups is 1. The van der Waals surface area contributed by atoms with Gasteiger partial charge >= 0.3 is 0 Å². The predicted octanol–water partition coefficient (Wildman–Crippen LogP) is 1.11. The van der Waals surface area contributed by atoms with Crippen LogP contribution < -0.4 is 10.6 Å². The number of hydrogen-bond donors (Lipinski definition) is 2. The van der Waals surface area contributed by atoms with Crippen molar-refractivity contribution in [2.45, 2.75) is 32.7 Å². The lowest BCUT2D eigenvalue weighted by Gasteiger charge is -2.23. The molecular weight excluding hydrogens is 204 g/mol. The fourth-order valence-electron chi connectivity index (χ4n) is 1.57. The Bertz CT molecular complexity index is 332. The van der Waals surface area contributed by atoms with E-state index in [1.54, 1.807) is 6.08 Å². The van der Waals surface area contributed by atoms with Crippen LogP contribution in [-0.4, -0.2) is 17.9 Å². The van der Waals surface area contributed by atoms with Gasteiger partial charge in [-0.05, 0) is 18.4 Å². The van der Waals surface area contributed by atoms with Crippen LogP contribution in [0.1, 0.15) is 26.7 Å². The summed E-state index contributed by atoms with van der Waals surface area (Å²) in [5.74, 6) is -0.0717. The summed E-state index contributed by atoms with van der Waals surface area (Å²) < 4.78 is 0. The first-order valence-corrected chi connectivity index (χ1v) is 5.47. The zero-order valence-corrected chi connectivity index (χ0v) is 9.75. The van der Waals surface area contributed by atoms with E-state index < -0.39 is 0 Å². The second-order valence-electron chi connectivity index (χ2n) is 4.22. The second-order valence-corrected chi connectivity index (χ2v) is 4.22. The molecule has 2 amide bonds. The number of carbonyl (C=O) groups excluding carboxylic acids is 2. The highest BCUT2D eigenvalue weighted by Gasteiger charge is 2.26. The van der Waals surface area contributed by atoms with Crippen molar-refractivity contribution in [2.24, 2.45) is 5.92 Å². The Balaban J connectivity index is 2.62. The van der Waals surface area contributed by atoms with Gasteiger partial charge in [0.2, 0.25) is 11.8 Å². The molecule has 1 unspecified atom stereocenters. The fraction of sp³-hybridized carbons (Fsp3) is 0.500. The minimum atomic E-state index is -0.333. The third kappa shape index (κ3) is 3.53. The highest BCUT2D eigenvalue weighted by Crippen LogP contribution is 2.08. The molecule has 1 saturated heterocycles. The number of amides is 2. The van der Waals surface area contributed by atoms with Gasteiger partial charge in [0.25, 0.3) is 0 Å². The second kappa shape index (κ2) is 5.49. The van der Waals surface area contributed by atoms with Crippen molar-refractivity contribution < 1.29 is 9.59 Å². The number of allylic oxidation sites excluding steroid dienone is 2. The summed E-state index contributed by atoms with van der Waals surface area (Å²) >= 11 is 0. The number of hydrogen-bond acceptors (Lipinski definition) is 3. The smallest absolute Gasteiger partial charge is 0.249 e. The molecular formula is C12H18N2O2. The van der Waals surface area contributed by atoms with Crippen LogP contribution in [-0.2, 0) is 9.59 Å². The Morgan fingerprint density at radius 1 is 1.56 bits per heavy atom. The number of rotatable bonds is 4. The third-order valence-electron chi connectivity index (χ3n) is 2.31. The highest BCUT2D eigenvalue weighted by molar-refractivity contribution is 6.00. The molecule has 0 aromatic rings. The summed E-state index contributed by atoms with van der Waals surface area (Å²) in [6.45, 7) is 7.79. The van der Waals surface area contributed by atoms with Crippen LogP contribution in [0.15, 0.2) is 24.4 Å². The Morgan fingerprint density at radius 2 is 2.25 bits per heavy atom. The molecule has 0 spiro atoms. The summed E-state index contributed by atoms with van der Waals surface area (Å²) in [4.78, 5) is 22.4. The van der Waals surface area contributed by atoms with Gasteiger partial charge in [-0.1, -0.05) is 26.5 Å². The van der Waals surface area contributed by atoms with Gasteiger partial charge in [-0.2, -0.15) is 0 Å².